The van der Waals surface area contributed by atoms with Crippen LogP contribution in [0.5, 0.6) is 0 Å². The normalized spacial score (nSPS) is 12.4. The molecule has 0 saturated carbocycles. The maximum absolute atomic E-state index is 7.38. The molecule has 6 heterocycles. The zero-order valence-corrected chi connectivity index (χ0v) is 46.2. The Labute approximate surface area is 490 Å². The van der Waals surface area contributed by atoms with Crippen molar-refractivity contribution in [3.63, 3.8) is 0 Å². The molecule has 398 valence electrons. The molecule has 0 aliphatic heterocycles. The van der Waals surface area contributed by atoms with E-state index in [-0.39, 0.29) is 0 Å². The number of rotatable bonds is 5. The molecule has 0 fully saturated rings. The lowest BCUT2D eigenvalue weighted by atomic mass is 9.97. The molecule has 0 saturated heterocycles. The van der Waals surface area contributed by atoms with Gasteiger partial charge in [-0.15, -0.1) is 0 Å². The largest absolute Gasteiger partial charge is 0.455 e. The summed E-state index contributed by atoms with van der Waals surface area (Å²) in [5.41, 5.74) is 19.2. The number of para-hydroxylation sites is 6. The van der Waals surface area contributed by atoms with E-state index >= 15 is 0 Å². The fraction of sp³-hybridized carbons (Fsp3) is 0. The zero-order chi connectivity index (χ0) is 55.9. The fourth-order valence-electron chi connectivity index (χ4n) is 15.2. The summed E-state index contributed by atoms with van der Waals surface area (Å²) >= 11 is 0. The van der Waals surface area contributed by atoms with E-state index in [4.69, 9.17) is 8.83 Å². The van der Waals surface area contributed by atoms with Crippen LogP contribution >= 0.6 is 0 Å². The lowest BCUT2D eigenvalue weighted by molar-refractivity contribution is 0.671. The fourth-order valence-corrected chi connectivity index (χ4v) is 15.2. The highest BCUT2D eigenvalue weighted by atomic mass is 16.3. The lowest BCUT2D eigenvalue weighted by Gasteiger charge is -2.14. The smallest absolute Gasteiger partial charge is 0.160 e. The highest BCUT2D eigenvalue weighted by Gasteiger charge is 2.26. The number of hydrogen-bond acceptors (Lipinski definition) is 2. The average Bonchev–Trinajstić information content (AvgIpc) is 1.80. The molecule has 0 bridgehead atoms. The van der Waals surface area contributed by atoms with Gasteiger partial charge in [0, 0.05) is 87.4 Å². The summed E-state index contributed by atoms with van der Waals surface area (Å²) in [4.78, 5) is 0. The van der Waals surface area contributed by atoms with Crippen molar-refractivity contribution in [2.75, 3.05) is 0 Å². The summed E-state index contributed by atoms with van der Waals surface area (Å²) in [6.07, 6.45) is 0. The summed E-state index contributed by atoms with van der Waals surface area (Å²) in [6, 6.07) is 102. The molecule has 0 aliphatic carbocycles. The molecule has 0 radical (unpaired) electrons. The molecule has 0 aliphatic rings. The van der Waals surface area contributed by atoms with Crippen molar-refractivity contribution < 1.29 is 8.83 Å². The van der Waals surface area contributed by atoms with E-state index in [1.54, 1.807) is 0 Å². The number of benzene rings is 14. The molecular weight excluding hydrogens is 1050 g/mol. The molecule has 0 spiro atoms. The summed E-state index contributed by atoms with van der Waals surface area (Å²) in [6.45, 7) is 0. The van der Waals surface area contributed by atoms with Crippen LogP contribution < -0.4 is 0 Å². The van der Waals surface area contributed by atoms with Crippen molar-refractivity contribution in [2.45, 2.75) is 0 Å². The zero-order valence-electron chi connectivity index (χ0n) is 46.2. The minimum Gasteiger partial charge on any atom is -0.455 e. The van der Waals surface area contributed by atoms with Gasteiger partial charge in [-0.05, 0) is 124 Å². The van der Waals surface area contributed by atoms with Gasteiger partial charge in [-0.2, -0.15) is 0 Å². The quantitative estimate of drug-likeness (QED) is 0.172. The highest BCUT2D eigenvalue weighted by molar-refractivity contribution is 6.37. The predicted molar refractivity (Wildman–Crippen MR) is 359 cm³/mol. The Hall–Kier alpha value is -11.6. The molecule has 0 unspecified atom stereocenters. The maximum Gasteiger partial charge on any atom is 0.160 e. The van der Waals surface area contributed by atoms with Crippen molar-refractivity contribution in [3.8, 4) is 33.9 Å². The van der Waals surface area contributed by atoms with E-state index in [0.29, 0.717) is 0 Å². The van der Waals surface area contributed by atoms with E-state index in [1.165, 1.54) is 64.9 Å². The van der Waals surface area contributed by atoms with Gasteiger partial charge in [0.25, 0.3) is 0 Å². The average molecular weight is 1100 g/mol. The third-order valence-electron chi connectivity index (χ3n) is 18.7. The second-order valence-corrected chi connectivity index (χ2v) is 23.1. The first kappa shape index (κ1) is 45.9. The summed E-state index contributed by atoms with van der Waals surface area (Å²) in [7, 11) is 0. The van der Waals surface area contributed by atoms with Crippen molar-refractivity contribution in [3.05, 3.63) is 279 Å². The maximum atomic E-state index is 7.38. The van der Waals surface area contributed by atoms with E-state index in [0.717, 1.165) is 122 Å². The minimum atomic E-state index is 0.851. The van der Waals surface area contributed by atoms with Crippen molar-refractivity contribution in [1.82, 2.24) is 18.3 Å². The minimum absolute atomic E-state index is 0.851. The number of aromatic nitrogens is 4. The van der Waals surface area contributed by atoms with Crippen LogP contribution in [0.4, 0.5) is 0 Å². The van der Waals surface area contributed by atoms with Gasteiger partial charge in [0.1, 0.15) is 16.7 Å². The Balaban J connectivity index is 0.760. The number of hydrogen-bond donors (Lipinski definition) is 0. The Bertz CT molecular complexity index is 6300. The number of nitrogens with zero attached hydrogens (tertiary/aromatic N) is 4. The molecule has 20 rings (SSSR count). The first-order chi connectivity index (χ1) is 42.7. The third kappa shape index (κ3) is 6.08. The van der Waals surface area contributed by atoms with Crippen molar-refractivity contribution >= 4 is 153 Å². The topological polar surface area (TPSA) is 46.0 Å². The van der Waals surface area contributed by atoms with Crippen LogP contribution in [0.15, 0.2) is 288 Å². The van der Waals surface area contributed by atoms with Gasteiger partial charge in [0.2, 0.25) is 0 Å². The van der Waals surface area contributed by atoms with Crippen LogP contribution in [-0.2, 0) is 0 Å². The molecule has 6 heteroatoms. The van der Waals surface area contributed by atoms with Gasteiger partial charge in [-0.25, -0.2) is 0 Å². The molecule has 0 atom stereocenters. The molecule has 0 amide bonds. The second-order valence-electron chi connectivity index (χ2n) is 23.1. The number of fused-ring (bicyclic) bond motifs is 26. The molecular formula is C80H46N4O2. The van der Waals surface area contributed by atoms with Crippen LogP contribution in [0.1, 0.15) is 0 Å². The highest BCUT2D eigenvalue weighted by Crippen LogP contribution is 2.49. The molecule has 20 aromatic rings. The van der Waals surface area contributed by atoms with Gasteiger partial charge in [-0.3, -0.25) is 0 Å². The Morgan fingerprint density at radius 3 is 1.19 bits per heavy atom. The number of furan rings is 2. The van der Waals surface area contributed by atoms with Gasteiger partial charge in [-0.1, -0.05) is 182 Å². The first-order valence-corrected chi connectivity index (χ1v) is 29.5. The van der Waals surface area contributed by atoms with E-state index < -0.39 is 0 Å². The van der Waals surface area contributed by atoms with Crippen LogP contribution in [-0.4, -0.2) is 18.3 Å². The van der Waals surface area contributed by atoms with Gasteiger partial charge >= 0.3 is 0 Å². The van der Waals surface area contributed by atoms with Crippen LogP contribution in [0.2, 0.25) is 0 Å². The van der Waals surface area contributed by atoms with Gasteiger partial charge in [0.15, 0.2) is 5.58 Å². The molecule has 6 nitrogen and oxygen atoms in total. The first-order valence-electron chi connectivity index (χ1n) is 29.5. The third-order valence-corrected chi connectivity index (χ3v) is 18.7. The summed E-state index contributed by atoms with van der Waals surface area (Å²) < 4.78 is 23.9. The van der Waals surface area contributed by atoms with Gasteiger partial charge in [0.05, 0.1) is 49.5 Å². The van der Waals surface area contributed by atoms with Crippen LogP contribution in [0, 0.1) is 0 Å². The van der Waals surface area contributed by atoms with E-state index in [1.807, 2.05) is 0 Å². The molecule has 0 N–H and O–H groups in total. The van der Waals surface area contributed by atoms with Gasteiger partial charge < -0.3 is 27.1 Å². The SMILES string of the molecule is c1cc(-n2c3ccccc3c3cc(-c4ccc5c(c4)oc4c5c5ccccc5c5c6ccccc6n(-c6cccc(-n7c8ccccc8c8ccccc87)c6)c45)ccc32)cc(-n2c3ccccc3c3c4oc5ccccc5c4c4ccccc4c32)c1. The van der Waals surface area contributed by atoms with Crippen LogP contribution in [0.25, 0.3) is 187 Å². The lowest BCUT2D eigenvalue weighted by Crippen LogP contribution is -1.99. The Morgan fingerprint density at radius 1 is 0.198 bits per heavy atom. The van der Waals surface area contributed by atoms with E-state index in [9.17, 15) is 0 Å². The predicted octanol–water partition coefficient (Wildman–Crippen LogP) is 21.8. The second kappa shape index (κ2) is 17.0. The van der Waals surface area contributed by atoms with Crippen molar-refractivity contribution in [1.29, 1.82) is 0 Å². The van der Waals surface area contributed by atoms with E-state index in [2.05, 4.69) is 297 Å². The monoisotopic (exact) mass is 1090 g/mol. The standard InChI is InChI=1S/C80H46N4O2/c1-2-27-57-56(26-1)73-60-30-8-14-36-68(60)84(52-22-18-19-49(46-52)81-65-33-11-5-23-53(65)54-24-6-12-34-66(54)81)78(73)80-75(57)63-41-39-48(44-72(63)86-80)47-40-42-70-64(43-47)55-25-7-13-35-67(55)82(70)50-20-17-21-51(45-50)83-69-37-15-9-31-61(69)76-77(83)59-29-4-3-28-58(59)74-62-32-10-16-38-71(62)85-79(74)76/h1-46H. The molecule has 6 aromatic heterocycles. The molecule has 86 heavy (non-hydrogen) atoms. The van der Waals surface area contributed by atoms with Crippen molar-refractivity contribution in [2.24, 2.45) is 0 Å². The molecule has 14 aromatic carbocycles. The Kier molecular flexibility index (Phi) is 9.09. The van der Waals surface area contributed by atoms with Crippen LogP contribution in [0.3, 0.4) is 0 Å². The summed E-state index contributed by atoms with van der Waals surface area (Å²) in [5.74, 6) is 0. The Morgan fingerprint density at radius 2 is 0.581 bits per heavy atom. The summed E-state index contributed by atoms with van der Waals surface area (Å²) in [5, 5.41) is 18.8.